The minimum absolute atomic E-state index is 0.304. The fourth-order valence-corrected chi connectivity index (χ4v) is 3.57. The van der Waals surface area contributed by atoms with Gasteiger partial charge in [0, 0.05) is 11.6 Å². The Hall–Kier alpha value is -2.20. The van der Waals surface area contributed by atoms with Crippen LogP contribution >= 0.6 is 0 Å². The van der Waals surface area contributed by atoms with E-state index in [9.17, 15) is 9.90 Å². The van der Waals surface area contributed by atoms with Gasteiger partial charge in [0.15, 0.2) is 0 Å². The van der Waals surface area contributed by atoms with Gasteiger partial charge in [0.1, 0.15) is 0 Å². The SMILES string of the molecule is Cc1cc(-c2ccc([C@H](C)N3CCCC3)cc2)nc(C)c1C(=O)O. The molecule has 1 saturated heterocycles. The van der Waals surface area contributed by atoms with Crippen LogP contribution in [-0.4, -0.2) is 34.0 Å². The molecule has 1 fully saturated rings. The summed E-state index contributed by atoms with van der Waals surface area (Å²) < 4.78 is 0. The molecule has 126 valence electrons. The van der Waals surface area contributed by atoms with Crippen LogP contribution in [0.2, 0.25) is 0 Å². The van der Waals surface area contributed by atoms with E-state index in [0.717, 1.165) is 16.8 Å². The number of likely N-dealkylation sites (tertiary alicyclic amines) is 1. The number of carboxylic acids is 1. The molecule has 1 aliphatic heterocycles. The summed E-state index contributed by atoms with van der Waals surface area (Å²) in [5, 5.41) is 9.26. The van der Waals surface area contributed by atoms with Crippen LogP contribution in [0.1, 0.15) is 53.0 Å². The highest BCUT2D eigenvalue weighted by atomic mass is 16.4. The van der Waals surface area contributed by atoms with Gasteiger partial charge in [-0.3, -0.25) is 9.88 Å². The third kappa shape index (κ3) is 3.20. The summed E-state index contributed by atoms with van der Waals surface area (Å²) in [4.78, 5) is 18.3. The fraction of sp³-hybridized carbons (Fsp3) is 0.400. The van der Waals surface area contributed by atoms with E-state index >= 15 is 0 Å². The minimum Gasteiger partial charge on any atom is -0.478 e. The van der Waals surface area contributed by atoms with Crippen LogP contribution in [-0.2, 0) is 0 Å². The molecule has 0 spiro atoms. The monoisotopic (exact) mass is 324 g/mol. The zero-order valence-corrected chi connectivity index (χ0v) is 14.5. The Balaban J connectivity index is 1.87. The lowest BCUT2D eigenvalue weighted by molar-refractivity contribution is 0.0695. The van der Waals surface area contributed by atoms with E-state index in [-0.39, 0.29) is 0 Å². The molecule has 1 aromatic carbocycles. The van der Waals surface area contributed by atoms with Crippen LogP contribution < -0.4 is 0 Å². The number of rotatable bonds is 4. The van der Waals surface area contributed by atoms with Crippen molar-refractivity contribution >= 4 is 5.97 Å². The number of hydrogen-bond acceptors (Lipinski definition) is 3. The van der Waals surface area contributed by atoms with Gasteiger partial charge in [-0.2, -0.15) is 0 Å². The molecule has 0 amide bonds. The molecule has 1 N–H and O–H groups in total. The largest absolute Gasteiger partial charge is 0.478 e. The van der Waals surface area contributed by atoms with Crippen molar-refractivity contribution in [2.75, 3.05) is 13.1 Å². The number of benzene rings is 1. The molecule has 0 saturated carbocycles. The maximum Gasteiger partial charge on any atom is 0.337 e. The second-order valence-electron chi connectivity index (χ2n) is 6.63. The molecule has 3 rings (SSSR count). The average Bonchev–Trinajstić information content (AvgIpc) is 3.07. The minimum atomic E-state index is -0.918. The first kappa shape index (κ1) is 16.7. The average molecular weight is 324 g/mol. The van der Waals surface area contributed by atoms with Gasteiger partial charge in [-0.1, -0.05) is 24.3 Å². The third-order valence-electron chi connectivity index (χ3n) is 4.99. The number of carbonyl (C=O) groups is 1. The molecule has 0 radical (unpaired) electrons. The first-order chi connectivity index (χ1) is 11.5. The second kappa shape index (κ2) is 6.73. The van der Waals surface area contributed by atoms with Gasteiger partial charge in [-0.05, 0) is 63.9 Å². The van der Waals surface area contributed by atoms with Crippen molar-refractivity contribution < 1.29 is 9.90 Å². The quantitative estimate of drug-likeness (QED) is 0.915. The van der Waals surface area contributed by atoms with Crippen LogP contribution in [0.3, 0.4) is 0 Å². The van der Waals surface area contributed by atoms with Crippen molar-refractivity contribution in [3.8, 4) is 11.3 Å². The predicted octanol–water partition coefficient (Wildman–Crippen LogP) is 4.22. The lowest BCUT2D eigenvalue weighted by atomic mass is 10.0. The molecule has 1 atom stereocenters. The van der Waals surface area contributed by atoms with Gasteiger partial charge in [0.2, 0.25) is 0 Å². The Morgan fingerprint density at radius 1 is 1.17 bits per heavy atom. The maximum absolute atomic E-state index is 11.3. The molecular formula is C20H24N2O2. The number of carboxylic acid groups (broad SMARTS) is 1. The van der Waals surface area contributed by atoms with Crippen LogP contribution in [0.4, 0.5) is 0 Å². The van der Waals surface area contributed by atoms with Gasteiger partial charge in [0.05, 0.1) is 17.0 Å². The van der Waals surface area contributed by atoms with Crippen molar-refractivity contribution in [1.82, 2.24) is 9.88 Å². The van der Waals surface area contributed by atoms with Crippen molar-refractivity contribution in [2.24, 2.45) is 0 Å². The Kier molecular flexibility index (Phi) is 4.67. The summed E-state index contributed by atoms with van der Waals surface area (Å²) in [6.45, 7) is 8.20. The molecule has 24 heavy (non-hydrogen) atoms. The summed E-state index contributed by atoms with van der Waals surface area (Å²) in [6.07, 6.45) is 2.58. The van der Waals surface area contributed by atoms with E-state index in [0.29, 0.717) is 17.3 Å². The summed E-state index contributed by atoms with van der Waals surface area (Å²) in [5.41, 5.74) is 4.78. The molecular weight excluding hydrogens is 300 g/mol. The van der Waals surface area contributed by atoms with Crippen LogP contribution in [0.25, 0.3) is 11.3 Å². The van der Waals surface area contributed by atoms with E-state index < -0.39 is 5.97 Å². The molecule has 2 aromatic rings. The first-order valence-electron chi connectivity index (χ1n) is 8.53. The van der Waals surface area contributed by atoms with Crippen LogP contribution in [0, 0.1) is 13.8 Å². The molecule has 4 heteroatoms. The number of aryl methyl sites for hydroxylation is 2. The highest BCUT2D eigenvalue weighted by molar-refractivity contribution is 5.91. The fourth-order valence-electron chi connectivity index (χ4n) is 3.57. The first-order valence-corrected chi connectivity index (χ1v) is 8.53. The van der Waals surface area contributed by atoms with Crippen LogP contribution in [0.5, 0.6) is 0 Å². The van der Waals surface area contributed by atoms with E-state index in [4.69, 9.17) is 0 Å². The molecule has 4 nitrogen and oxygen atoms in total. The summed E-state index contributed by atoms with van der Waals surface area (Å²) in [7, 11) is 0. The Labute approximate surface area is 143 Å². The second-order valence-corrected chi connectivity index (χ2v) is 6.63. The van der Waals surface area contributed by atoms with E-state index in [1.165, 1.54) is 31.5 Å². The van der Waals surface area contributed by atoms with Gasteiger partial charge < -0.3 is 5.11 Å². The van der Waals surface area contributed by atoms with E-state index in [1.807, 2.05) is 13.0 Å². The predicted molar refractivity (Wildman–Crippen MR) is 95.3 cm³/mol. The Morgan fingerprint density at radius 3 is 2.33 bits per heavy atom. The van der Waals surface area contributed by atoms with Crippen molar-refractivity contribution in [3.63, 3.8) is 0 Å². The van der Waals surface area contributed by atoms with E-state index in [1.54, 1.807) is 6.92 Å². The highest BCUT2D eigenvalue weighted by Gasteiger charge is 2.19. The zero-order chi connectivity index (χ0) is 17.3. The lowest BCUT2D eigenvalue weighted by Crippen LogP contribution is -2.23. The number of aromatic nitrogens is 1. The van der Waals surface area contributed by atoms with Crippen molar-refractivity contribution in [1.29, 1.82) is 0 Å². The normalized spacial score (nSPS) is 16.3. The van der Waals surface area contributed by atoms with Crippen molar-refractivity contribution in [2.45, 2.75) is 39.7 Å². The van der Waals surface area contributed by atoms with Gasteiger partial charge in [-0.15, -0.1) is 0 Å². The number of hydrogen-bond donors (Lipinski definition) is 1. The standard InChI is InChI=1S/C20H24N2O2/c1-13-12-18(21-14(2)19(13)20(23)24)17-8-6-16(7-9-17)15(3)22-10-4-5-11-22/h6-9,12,15H,4-5,10-11H2,1-3H3,(H,23,24)/t15-/m0/s1. The van der Waals surface area contributed by atoms with Crippen LogP contribution in [0.15, 0.2) is 30.3 Å². The van der Waals surface area contributed by atoms with Gasteiger partial charge in [0.25, 0.3) is 0 Å². The highest BCUT2D eigenvalue weighted by Crippen LogP contribution is 2.27. The lowest BCUT2D eigenvalue weighted by Gasteiger charge is -2.24. The molecule has 1 aliphatic rings. The topological polar surface area (TPSA) is 53.4 Å². The van der Waals surface area contributed by atoms with Gasteiger partial charge >= 0.3 is 5.97 Å². The molecule has 0 bridgehead atoms. The summed E-state index contributed by atoms with van der Waals surface area (Å²) in [5.74, 6) is -0.918. The molecule has 1 aromatic heterocycles. The third-order valence-corrected chi connectivity index (χ3v) is 4.99. The van der Waals surface area contributed by atoms with Crippen molar-refractivity contribution in [3.05, 3.63) is 52.7 Å². The molecule has 0 aliphatic carbocycles. The molecule has 0 unspecified atom stereocenters. The van der Waals surface area contributed by atoms with E-state index in [2.05, 4.69) is 41.1 Å². The molecule has 2 heterocycles. The zero-order valence-electron chi connectivity index (χ0n) is 14.5. The summed E-state index contributed by atoms with van der Waals surface area (Å²) >= 11 is 0. The number of aromatic carboxylic acids is 1. The number of nitrogens with zero attached hydrogens (tertiary/aromatic N) is 2. The Morgan fingerprint density at radius 2 is 1.79 bits per heavy atom. The summed E-state index contributed by atoms with van der Waals surface area (Å²) in [6, 6.07) is 10.8. The van der Waals surface area contributed by atoms with Gasteiger partial charge in [-0.25, -0.2) is 4.79 Å². The Bertz CT molecular complexity index is 724. The maximum atomic E-state index is 11.3. The number of pyridine rings is 1. The smallest absolute Gasteiger partial charge is 0.337 e.